The maximum absolute atomic E-state index is 14.8. The fourth-order valence-corrected chi connectivity index (χ4v) is 3.86. The van der Waals surface area contributed by atoms with E-state index < -0.39 is 23.8 Å². The maximum Gasteiger partial charge on any atom is 0.387 e. The quantitative estimate of drug-likeness (QED) is 0.366. The normalized spacial score (nSPS) is 16.5. The summed E-state index contributed by atoms with van der Waals surface area (Å²) in [5.41, 5.74) is 6.10. The molecule has 1 unspecified atom stereocenters. The molecule has 0 aromatic heterocycles. The number of hydrogen-bond donors (Lipinski definition) is 2. The van der Waals surface area contributed by atoms with E-state index in [2.05, 4.69) is 9.73 Å². The third-order valence-corrected chi connectivity index (χ3v) is 5.51. The molecule has 7 nitrogen and oxygen atoms in total. The van der Waals surface area contributed by atoms with E-state index in [1.807, 2.05) is 0 Å². The van der Waals surface area contributed by atoms with Crippen LogP contribution in [0.3, 0.4) is 0 Å². The summed E-state index contributed by atoms with van der Waals surface area (Å²) in [6.45, 7) is -1.62. The molecule has 0 aliphatic carbocycles. The van der Waals surface area contributed by atoms with E-state index >= 15 is 0 Å². The number of methoxy groups -OCH3 is 1. The first-order valence-electron chi connectivity index (χ1n) is 10.4. The van der Waals surface area contributed by atoms with E-state index in [9.17, 15) is 17.6 Å². The van der Waals surface area contributed by atoms with Gasteiger partial charge in [0.1, 0.15) is 29.7 Å². The topological polar surface area (TPSA) is 103 Å². The smallest absolute Gasteiger partial charge is 0.387 e. The van der Waals surface area contributed by atoms with Gasteiger partial charge in [0.15, 0.2) is 5.54 Å². The molecule has 3 N–H and O–H groups in total. The van der Waals surface area contributed by atoms with E-state index in [0.29, 0.717) is 22.4 Å². The third-order valence-electron chi connectivity index (χ3n) is 5.51. The highest BCUT2D eigenvalue weighted by Gasteiger charge is 2.41. The summed E-state index contributed by atoms with van der Waals surface area (Å²) in [5, 5.41) is 6.89. The van der Waals surface area contributed by atoms with Crippen molar-refractivity contribution in [3.63, 3.8) is 0 Å². The van der Waals surface area contributed by atoms with Crippen molar-refractivity contribution in [3.05, 3.63) is 82.9 Å². The van der Waals surface area contributed by atoms with Crippen LogP contribution in [0.25, 0.3) is 11.1 Å². The summed E-state index contributed by atoms with van der Waals surface area (Å²) < 4.78 is 69.8. The molecule has 0 fully saturated rings. The first-order valence-corrected chi connectivity index (χ1v) is 10.4. The molecule has 1 aliphatic rings. The molecule has 36 heavy (non-hydrogen) atoms. The molecule has 0 saturated carbocycles. The SMILES string of the molecule is COc1ccc(F)c(-c2cc(C3(c4ccc(OC(F)F)c(C)c4)COC(N)=N3)ccc2F)c1.O=CO. The van der Waals surface area contributed by atoms with Crippen molar-refractivity contribution >= 4 is 12.5 Å². The second-order valence-electron chi connectivity index (χ2n) is 7.60. The highest BCUT2D eigenvalue weighted by molar-refractivity contribution is 5.76. The number of aliphatic imine (C=N–C) groups is 1. The lowest BCUT2D eigenvalue weighted by Crippen LogP contribution is -2.27. The number of carboxylic acid groups (broad SMARTS) is 1. The van der Waals surface area contributed by atoms with Gasteiger partial charge < -0.3 is 25.1 Å². The fourth-order valence-electron chi connectivity index (χ4n) is 3.86. The Balaban J connectivity index is 0.00000115. The van der Waals surface area contributed by atoms with Crippen LogP contribution < -0.4 is 15.2 Å². The summed E-state index contributed by atoms with van der Waals surface area (Å²) in [5.74, 6) is -0.898. The van der Waals surface area contributed by atoms with Crippen molar-refractivity contribution in [1.82, 2.24) is 0 Å². The number of aryl methyl sites for hydroxylation is 1. The van der Waals surface area contributed by atoms with E-state index in [-0.39, 0.29) is 36.0 Å². The van der Waals surface area contributed by atoms with Crippen molar-refractivity contribution in [2.75, 3.05) is 13.7 Å². The summed E-state index contributed by atoms with van der Waals surface area (Å²) >= 11 is 0. The fraction of sp³-hybridized carbons (Fsp3) is 0.200. The van der Waals surface area contributed by atoms with Crippen LogP contribution in [0.4, 0.5) is 17.6 Å². The summed E-state index contributed by atoms with van der Waals surface area (Å²) in [6.07, 6.45) is 0. The van der Waals surface area contributed by atoms with Crippen LogP contribution in [0, 0.1) is 18.6 Å². The standard InChI is InChI=1S/C24H20F4N2O3.CH2O2/c1-13-9-14(4-8-21(13)33-22(27)28)24(12-32-23(29)30-24)15-3-6-19(25)17(10-15)18-11-16(31-2)5-7-20(18)26;2-1-3/h3-11,22H,12H2,1-2H3,(H2,29,30);1H,(H,2,3). The number of carbonyl (C=O) groups is 1. The highest BCUT2D eigenvalue weighted by atomic mass is 19.3. The molecule has 0 spiro atoms. The number of hydrogen-bond acceptors (Lipinski definition) is 6. The van der Waals surface area contributed by atoms with Crippen LogP contribution >= 0.6 is 0 Å². The van der Waals surface area contributed by atoms with Gasteiger partial charge in [0.05, 0.1) is 7.11 Å². The number of rotatable bonds is 6. The minimum absolute atomic E-state index is 0.00155. The molecule has 3 aromatic rings. The van der Waals surface area contributed by atoms with Crippen LogP contribution in [0.5, 0.6) is 11.5 Å². The van der Waals surface area contributed by atoms with Gasteiger partial charge >= 0.3 is 6.61 Å². The predicted molar refractivity (Wildman–Crippen MR) is 123 cm³/mol. The van der Waals surface area contributed by atoms with Crippen LogP contribution in [0.15, 0.2) is 59.6 Å². The second-order valence-corrected chi connectivity index (χ2v) is 7.60. The molecular formula is C25H22F4N2O5. The van der Waals surface area contributed by atoms with E-state index in [1.165, 1.54) is 49.6 Å². The van der Waals surface area contributed by atoms with Crippen molar-refractivity contribution < 1.29 is 41.7 Å². The average molecular weight is 506 g/mol. The molecule has 11 heteroatoms. The van der Waals surface area contributed by atoms with Gasteiger partial charge in [-0.1, -0.05) is 12.1 Å². The van der Waals surface area contributed by atoms with Gasteiger partial charge in [-0.2, -0.15) is 8.78 Å². The Morgan fingerprint density at radius 2 is 1.64 bits per heavy atom. The van der Waals surface area contributed by atoms with Crippen LogP contribution in [0.2, 0.25) is 0 Å². The zero-order valence-corrected chi connectivity index (χ0v) is 19.2. The van der Waals surface area contributed by atoms with Gasteiger partial charge in [0, 0.05) is 11.1 Å². The number of halogens is 4. The number of ether oxygens (including phenoxy) is 3. The summed E-state index contributed by atoms with van der Waals surface area (Å²) in [4.78, 5) is 12.8. The Morgan fingerprint density at radius 1 is 1.06 bits per heavy atom. The molecule has 1 heterocycles. The minimum atomic E-state index is -2.97. The molecule has 3 aromatic carbocycles. The van der Waals surface area contributed by atoms with Gasteiger partial charge in [0.25, 0.3) is 12.5 Å². The average Bonchev–Trinajstić information content (AvgIpc) is 3.24. The zero-order valence-electron chi connectivity index (χ0n) is 19.2. The molecule has 0 bridgehead atoms. The van der Waals surface area contributed by atoms with Crippen molar-refractivity contribution in [2.24, 2.45) is 10.7 Å². The van der Waals surface area contributed by atoms with Gasteiger partial charge in [-0.15, -0.1) is 0 Å². The lowest BCUT2D eigenvalue weighted by Gasteiger charge is -2.27. The third kappa shape index (κ3) is 5.35. The Labute approximate surface area is 203 Å². The number of nitrogens with zero attached hydrogens (tertiary/aromatic N) is 1. The molecule has 0 saturated heterocycles. The number of benzene rings is 3. The van der Waals surface area contributed by atoms with Crippen LogP contribution in [0.1, 0.15) is 16.7 Å². The minimum Gasteiger partial charge on any atom is -0.497 e. The number of nitrogens with two attached hydrogens (primary N) is 1. The first kappa shape index (κ1) is 26.3. The lowest BCUT2D eigenvalue weighted by molar-refractivity contribution is -0.122. The molecule has 0 radical (unpaired) electrons. The van der Waals surface area contributed by atoms with E-state index in [1.54, 1.807) is 19.1 Å². The first-order chi connectivity index (χ1) is 17.1. The zero-order chi connectivity index (χ0) is 26.5. The molecular weight excluding hydrogens is 484 g/mol. The summed E-state index contributed by atoms with van der Waals surface area (Å²) in [7, 11) is 1.43. The molecule has 0 amide bonds. The van der Waals surface area contributed by atoms with Crippen molar-refractivity contribution in [3.8, 4) is 22.6 Å². The van der Waals surface area contributed by atoms with Crippen LogP contribution in [-0.2, 0) is 15.1 Å². The van der Waals surface area contributed by atoms with Gasteiger partial charge in [-0.3, -0.25) is 4.79 Å². The molecule has 190 valence electrons. The number of amidine groups is 1. The van der Waals surface area contributed by atoms with E-state index in [0.717, 1.165) is 0 Å². The van der Waals surface area contributed by atoms with Crippen molar-refractivity contribution in [2.45, 2.75) is 19.1 Å². The monoisotopic (exact) mass is 506 g/mol. The lowest BCUT2D eigenvalue weighted by atomic mass is 9.82. The Kier molecular flexibility index (Phi) is 8.03. The molecule has 1 aliphatic heterocycles. The Morgan fingerprint density at radius 3 is 2.19 bits per heavy atom. The molecule has 1 atom stereocenters. The predicted octanol–water partition coefficient (Wildman–Crippen LogP) is 4.84. The number of alkyl halides is 2. The summed E-state index contributed by atoms with van der Waals surface area (Å²) in [6, 6.07) is 12.7. The maximum atomic E-state index is 14.8. The largest absolute Gasteiger partial charge is 0.497 e. The van der Waals surface area contributed by atoms with Gasteiger partial charge in [0.2, 0.25) is 0 Å². The molecule has 4 rings (SSSR count). The van der Waals surface area contributed by atoms with Crippen molar-refractivity contribution in [1.29, 1.82) is 0 Å². The van der Waals surface area contributed by atoms with Gasteiger partial charge in [-0.05, 0) is 66.1 Å². The highest BCUT2D eigenvalue weighted by Crippen LogP contribution is 2.41. The Hall–Kier alpha value is -4.28. The van der Waals surface area contributed by atoms with Crippen LogP contribution in [-0.4, -0.2) is 37.9 Å². The van der Waals surface area contributed by atoms with E-state index in [4.69, 9.17) is 25.1 Å². The Bertz CT molecular complexity index is 1290. The second kappa shape index (κ2) is 11.0. The van der Waals surface area contributed by atoms with Gasteiger partial charge in [-0.25, -0.2) is 13.8 Å².